The normalized spacial score (nSPS) is 24.5. The number of allylic oxidation sites excluding steroid dienone is 3. The predicted octanol–water partition coefficient (Wildman–Crippen LogP) is 7.22. The zero-order valence-electron chi connectivity index (χ0n) is 47.7. The Hall–Kier alpha value is -6.40. The van der Waals surface area contributed by atoms with Gasteiger partial charge in [0.15, 0.2) is 5.72 Å². The van der Waals surface area contributed by atoms with Gasteiger partial charge in [0.25, 0.3) is 0 Å². The van der Waals surface area contributed by atoms with Crippen LogP contribution in [0.2, 0.25) is 5.02 Å². The summed E-state index contributed by atoms with van der Waals surface area (Å²) < 4.78 is 35.0. The molecule has 5 rings (SSSR count). The van der Waals surface area contributed by atoms with Crippen LogP contribution in [-0.2, 0) is 49.3 Å². The number of nitrogens with zero attached hydrogens (tertiary/aromatic N) is 1. The summed E-state index contributed by atoms with van der Waals surface area (Å²) in [6.45, 7) is 15.1. The lowest BCUT2D eigenvalue weighted by atomic mass is 9.83. The molecule has 0 spiro atoms. The van der Waals surface area contributed by atoms with Crippen LogP contribution < -0.4 is 47.3 Å². The number of anilines is 3. The Bertz CT molecular complexity index is 2670. The van der Waals surface area contributed by atoms with Crippen LogP contribution in [0.1, 0.15) is 97.1 Å². The maximum atomic E-state index is 14.0. The van der Waals surface area contributed by atoms with E-state index in [1.807, 2.05) is 50.9 Å². The van der Waals surface area contributed by atoms with E-state index in [9.17, 15) is 38.7 Å². The first-order valence-electron chi connectivity index (χ1n) is 27.1. The molecule has 2 saturated heterocycles. The molecule has 81 heavy (non-hydrogen) atoms. The number of aliphatic hydroxyl groups is 1. The molecule has 3 aliphatic heterocycles. The van der Waals surface area contributed by atoms with Crippen molar-refractivity contribution in [2.45, 2.75) is 147 Å². The van der Waals surface area contributed by atoms with Gasteiger partial charge >= 0.3 is 24.2 Å². The number of carbonyl (C=O) groups excluding carboxylic acids is 7. The minimum atomic E-state index is -1.84. The Morgan fingerprint density at radius 1 is 1.04 bits per heavy atom. The topological polar surface area (TPSA) is 300 Å². The van der Waals surface area contributed by atoms with Crippen molar-refractivity contribution in [1.82, 2.24) is 21.3 Å². The number of aryl methyl sites for hydroxylation is 1. The number of rotatable bonds is 22. The van der Waals surface area contributed by atoms with E-state index in [0.29, 0.717) is 76.5 Å². The number of methoxy groups -OCH3 is 2. The van der Waals surface area contributed by atoms with Gasteiger partial charge in [0, 0.05) is 74.7 Å². The summed E-state index contributed by atoms with van der Waals surface area (Å²) >= 11 is 10.1. The van der Waals surface area contributed by atoms with Crippen LogP contribution in [0.25, 0.3) is 0 Å². The Kier molecular flexibility index (Phi) is 24.3. The molecule has 3 heterocycles. The van der Waals surface area contributed by atoms with Gasteiger partial charge in [-0.2, -0.15) is 0 Å². The SMILES string of the molecule is C=C(CBr)C(=O)OCCCCCC(=O)N[C@H](C(=O)N[C@@H](CCCNC(N)=O)C(=O)Nc1ccc(NC(=O)O[C@H]2CCN(C)c3cc(cc(OC)c3Cl)C/C(C)=C/C=C/[C@@H](OC)[C@@]3(O)C[C@H](OC(=O)N3)[C@@H](C)[C@@H]3O[C@@]23C)cc1C)C(C)C. The number of hydrogen-bond donors (Lipinski definition) is 8. The van der Waals surface area contributed by atoms with Crippen molar-refractivity contribution in [2.24, 2.45) is 17.6 Å². The first-order chi connectivity index (χ1) is 38.3. The number of epoxide rings is 1. The van der Waals surface area contributed by atoms with Gasteiger partial charge in [0.2, 0.25) is 17.7 Å². The fourth-order valence-corrected chi connectivity index (χ4v) is 10.4. The number of amides is 7. The summed E-state index contributed by atoms with van der Waals surface area (Å²) in [6, 6.07) is 5.79. The quantitative estimate of drug-likeness (QED) is 0.0144. The highest BCUT2D eigenvalue weighted by Crippen LogP contribution is 2.49. The van der Waals surface area contributed by atoms with E-state index >= 15 is 0 Å². The largest absolute Gasteiger partial charge is 0.495 e. The van der Waals surface area contributed by atoms with Crippen LogP contribution in [0.3, 0.4) is 0 Å². The lowest BCUT2D eigenvalue weighted by Gasteiger charge is -2.42. The monoisotopic (exact) mass is 1210 g/mol. The van der Waals surface area contributed by atoms with Crippen molar-refractivity contribution >= 4 is 86.5 Å². The average Bonchev–Trinajstić information content (AvgIpc) is 4.24. The molecule has 0 aromatic heterocycles. The number of carbonyl (C=O) groups is 7. The molecule has 2 fully saturated rings. The third-order valence-corrected chi connectivity index (χ3v) is 15.6. The minimum absolute atomic E-state index is 0.0424. The number of alkyl halides is 1. The van der Waals surface area contributed by atoms with Crippen molar-refractivity contribution in [1.29, 1.82) is 0 Å². The van der Waals surface area contributed by atoms with Crippen molar-refractivity contribution in [3.63, 3.8) is 0 Å². The third kappa shape index (κ3) is 18.6. The summed E-state index contributed by atoms with van der Waals surface area (Å²) in [5.41, 5.74) is 6.46. The number of ether oxygens (including phenoxy) is 6. The molecule has 9 atom stereocenters. The number of nitrogens with one attached hydrogen (secondary N) is 6. The number of nitrogens with two attached hydrogens (primary N) is 1. The number of alkyl carbamates (subject to hydrolysis) is 1. The molecule has 0 saturated carbocycles. The molecular weight excluding hydrogens is 1140 g/mol. The van der Waals surface area contributed by atoms with E-state index in [2.05, 4.69) is 54.4 Å². The van der Waals surface area contributed by atoms with Crippen molar-refractivity contribution in [3.8, 4) is 5.75 Å². The highest BCUT2D eigenvalue weighted by Gasteiger charge is 2.64. The number of benzene rings is 2. The summed E-state index contributed by atoms with van der Waals surface area (Å²) in [5.74, 6) is -2.39. The number of primary amides is 1. The molecule has 9 N–H and O–H groups in total. The number of urea groups is 1. The van der Waals surface area contributed by atoms with Crippen molar-refractivity contribution in [3.05, 3.63) is 82.4 Å². The zero-order chi connectivity index (χ0) is 59.8. The maximum Gasteiger partial charge on any atom is 0.412 e. The Morgan fingerprint density at radius 3 is 2.44 bits per heavy atom. The predicted molar refractivity (Wildman–Crippen MR) is 310 cm³/mol. The maximum absolute atomic E-state index is 14.0. The Morgan fingerprint density at radius 2 is 1.78 bits per heavy atom. The van der Waals surface area contributed by atoms with Gasteiger partial charge in [-0.1, -0.05) is 78.7 Å². The second-order valence-corrected chi connectivity index (χ2v) is 22.3. The van der Waals surface area contributed by atoms with Gasteiger partial charge in [-0.05, 0) is 107 Å². The third-order valence-electron chi connectivity index (χ3n) is 14.6. The molecule has 24 heteroatoms. The van der Waals surface area contributed by atoms with E-state index in [1.54, 1.807) is 58.2 Å². The number of unbranched alkanes of at least 4 members (excludes halogenated alkanes) is 2. The van der Waals surface area contributed by atoms with E-state index < -0.39 is 89.7 Å². The smallest absolute Gasteiger partial charge is 0.412 e. The second kappa shape index (κ2) is 30.1. The number of hydrogen-bond acceptors (Lipinski definition) is 15. The highest BCUT2D eigenvalue weighted by atomic mass is 79.9. The van der Waals surface area contributed by atoms with Crippen LogP contribution in [-0.4, -0.2) is 141 Å². The van der Waals surface area contributed by atoms with Crippen LogP contribution in [0.5, 0.6) is 5.75 Å². The van der Waals surface area contributed by atoms with Crippen molar-refractivity contribution < 1.29 is 67.1 Å². The van der Waals surface area contributed by atoms with Gasteiger partial charge < -0.3 is 65.4 Å². The first-order valence-corrected chi connectivity index (χ1v) is 28.6. The summed E-state index contributed by atoms with van der Waals surface area (Å²) in [6.07, 6.45) is 3.27. The van der Waals surface area contributed by atoms with Crippen molar-refractivity contribution in [2.75, 3.05) is 61.8 Å². The van der Waals surface area contributed by atoms with Gasteiger partial charge in [-0.25, -0.2) is 19.2 Å². The average molecular weight is 1220 g/mol. The van der Waals surface area contributed by atoms with Gasteiger partial charge in [-0.15, -0.1) is 0 Å². The highest BCUT2D eigenvalue weighted by molar-refractivity contribution is 9.09. The van der Waals surface area contributed by atoms with Gasteiger partial charge in [0.1, 0.15) is 46.8 Å². The van der Waals surface area contributed by atoms with E-state index in [1.165, 1.54) is 7.11 Å². The van der Waals surface area contributed by atoms with E-state index in [0.717, 1.165) is 11.1 Å². The molecule has 2 aromatic carbocycles. The molecule has 3 aliphatic rings. The summed E-state index contributed by atoms with van der Waals surface area (Å²) in [7, 11) is 4.85. The molecule has 446 valence electrons. The van der Waals surface area contributed by atoms with Crippen LogP contribution in [0.4, 0.5) is 31.4 Å². The lowest BCUT2D eigenvalue weighted by molar-refractivity contribution is -0.142. The van der Waals surface area contributed by atoms with Gasteiger partial charge in [-0.3, -0.25) is 25.0 Å². The zero-order valence-corrected chi connectivity index (χ0v) is 50.0. The first kappa shape index (κ1) is 65.4. The summed E-state index contributed by atoms with van der Waals surface area (Å²) in [4.78, 5) is 93.1. The number of fused-ring (bicyclic) bond motifs is 5. The van der Waals surface area contributed by atoms with Crippen LogP contribution >= 0.6 is 27.5 Å². The molecule has 7 amide bonds. The van der Waals surface area contributed by atoms with Gasteiger partial charge in [0.05, 0.1) is 25.5 Å². The Labute approximate surface area is 487 Å². The molecule has 0 unspecified atom stereocenters. The number of esters is 1. The Balaban J connectivity index is 1.30. The van der Waals surface area contributed by atoms with Crippen LogP contribution in [0, 0.1) is 18.8 Å². The molecule has 4 bridgehead atoms. The fraction of sp³-hybridized carbons (Fsp3) is 0.561. The molecular formula is C57H80BrClN8O14. The van der Waals surface area contributed by atoms with E-state index in [-0.39, 0.29) is 57.1 Å². The lowest BCUT2D eigenvalue weighted by Crippen LogP contribution is -2.63. The summed E-state index contributed by atoms with van der Waals surface area (Å²) in [5, 5.41) is 28.9. The molecule has 22 nitrogen and oxygen atoms in total. The van der Waals surface area contributed by atoms with Crippen LogP contribution in [0.15, 0.2) is 66.3 Å². The molecule has 0 radical (unpaired) electrons. The number of halogens is 2. The fourth-order valence-electron chi connectivity index (χ4n) is 9.83. The second-order valence-electron chi connectivity index (χ2n) is 21.4. The van der Waals surface area contributed by atoms with E-state index in [4.69, 9.17) is 45.8 Å². The minimum Gasteiger partial charge on any atom is -0.495 e. The standard InChI is InChI=1S/C57H80BrClN8O14/c1-32(2)48(65-46(68)19-12-11-13-25-78-52(71)35(5)31-58)51(70)64-40(17-15-23-61-53(60)72)50(69)63-39-21-20-38(27-34(39)4)62-54(73)80-44-22-24-67(8)41-28-37(29-42(76-9)47(41)59)26-33(3)16-14-18-45(77-10)57(75)30-43(79-55(74)66-57)36(6)49-56(44,7)81-49/h14,16,18,20-21,27-29,32,36,40,43-45,48-49,75H,5,11-13,15,17,19,22-26,30-31H2,1-4,6-10H3,(H,62,73)(H,63,69)(H,64,70)(H,65,68)(H,66,74)(H3,60,61,72)/b18-14+,33-16+/t36-,40+,43+,44+,45-,48+,49+,56+,57+/m1/s1. The molecule has 2 aromatic rings. The molecule has 0 aliphatic carbocycles.